The molecule has 0 spiro atoms. The number of carbonyl (C=O) groups excluding carboxylic acids is 2. The van der Waals surface area contributed by atoms with Crippen molar-refractivity contribution < 1.29 is 9.59 Å². The molecule has 0 aliphatic carbocycles. The van der Waals surface area contributed by atoms with Crippen LogP contribution in [0.1, 0.15) is 54.0 Å². The summed E-state index contributed by atoms with van der Waals surface area (Å²) in [5.41, 5.74) is 3.69. The first-order chi connectivity index (χ1) is 14.2. The van der Waals surface area contributed by atoms with E-state index in [4.69, 9.17) is 0 Å². The maximum absolute atomic E-state index is 12.9. The van der Waals surface area contributed by atoms with Crippen LogP contribution in [0.2, 0.25) is 0 Å². The first-order valence-corrected chi connectivity index (χ1v) is 10.8. The average molecular weight is 415 g/mol. The van der Waals surface area contributed by atoms with Crippen LogP contribution in [-0.4, -0.2) is 55.9 Å². The van der Waals surface area contributed by atoms with E-state index in [-0.39, 0.29) is 11.8 Å². The smallest absolute Gasteiger partial charge is 0.254 e. The number of hydrogen-bond acceptors (Lipinski definition) is 4. The summed E-state index contributed by atoms with van der Waals surface area (Å²) in [7, 11) is 1.79. The quantitative estimate of drug-likeness (QED) is 0.752. The lowest BCUT2D eigenvalue weighted by atomic mass is 9.96. The molecule has 1 saturated heterocycles. The molecule has 0 bridgehead atoms. The molecule has 2 amide bonds. The molecule has 30 heavy (non-hydrogen) atoms. The Bertz CT molecular complexity index is 890. The van der Waals surface area contributed by atoms with Crippen molar-refractivity contribution in [3.63, 3.8) is 0 Å². The van der Waals surface area contributed by atoms with E-state index in [2.05, 4.69) is 36.3 Å². The van der Waals surface area contributed by atoms with Gasteiger partial charge in [-0.2, -0.15) is 10.2 Å². The predicted molar refractivity (Wildman–Crippen MR) is 115 cm³/mol. The Kier molecular flexibility index (Phi) is 6.95. The lowest BCUT2D eigenvalue weighted by Crippen LogP contribution is -2.42. The van der Waals surface area contributed by atoms with Gasteiger partial charge in [0.2, 0.25) is 5.91 Å². The molecule has 1 aliphatic heterocycles. The monoisotopic (exact) mass is 414 g/mol. The Balaban J connectivity index is 1.47. The highest BCUT2D eigenvalue weighted by molar-refractivity contribution is 5.93. The summed E-state index contributed by atoms with van der Waals surface area (Å²) in [5, 5.41) is 11.6. The van der Waals surface area contributed by atoms with Crippen molar-refractivity contribution >= 4 is 11.8 Å². The largest absolute Gasteiger partial charge is 0.352 e. The van der Waals surface area contributed by atoms with Crippen LogP contribution >= 0.6 is 0 Å². The second-order valence-corrected chi connectivity index (χ2v) is 8.84. The Labute approximate surface area is 178 Å². The van der Waals surface area contributed by atoms with E-state index >= 15 is 0 Å². The molecule has 1 fully saturated rings. The minimum atomic E-state index is -0.0917. The third-order valence-electron chi connectivity index (χ3n) is 5.88. The Morgan fingerprint density at radius 2 is 1.93 bits per heavy atom. The molecule has 164 valence electrons. The number of nitrogens with one attached hydrogen (secondary N) is 1. The van der Waals surface area contributed by atoms with Gasteiger partial charge in [-0.25, -0.2) is 0 Å². The average Bonchev–Trinajstić information content (AvgIpc) is 3.25. The maximum atomic E-state index is 12.9. The minimum absolute atomic E-state index is 0.0917. The molecule has 0 atom stereocenters. The third kappa shape index (κ3) is 5.29. The van der Waals surface area contributed by atoms with Gasteiger partial charge in [0.1, 0.15) is 0 Å². The molecule has 2 aromatic rings. The van der Waals surface area contributed by atoms with E-state index < -0.39 is 0 Å². The third-order valence-corrected chi connectivity index (χ3v) is 5.88. The fourth-order valence-electron chi connectivity index (χ4n) is 4.04. The molecule has 8 heteroatoms. The van der Waals surface area contributed by atoms with E-state index in [9.17, 15) is 9.59 Å². The summed E-state index contributed by atoms with van der Waals surface area (Å²) in [5.74, 6) is 0.991. The molecule has 0 saturated carbocycles. The Morgan fingerprint density at radius 1 is 1.23 bits per heavy atom. The predicted octanol–water partition coefficient (Wildman–Crippen LogP) is 2.10. The van der Waals surface area contributed by atoms with Crippen molar-refractivity contribution in [3.05, 3.63) is 34.9 Å². The SMILES string of the molecule is Cc1nn(CC(C)C)c(C)c1CC(=O)N1CCC(CNC(=O)c2cnn(C)c2)CC1. The lowest BCUT2D eigenvalue weighted by molar-refractivity contribution is -0.131. The van der Waals surface area contributed by atoms with Crippen molar-refractivity contribution in [1.82, 2.24) is 29.8 Å². The molecule has 1 N–H and O–H groups in total. The van der Waals surface area contributed by atoms with Crippen LogP contribution < -0.4 is 5.32 Å². The van der Waals surface area contributed by atoms with Crippen LogP contribution in [0.4, 0.5) is 0 Å². The summed E-state index contributed by atoms with van der Waals surface area (Å²) in [4.78, 5) is 27.0. The molecule has 0 unspecified atom stereocenters. The Morgan fingerprint density at radius 3 is 2.53 bits per heavy atom. The number of nitrogens with zero attached hydrogens (tertiary/aromatic N) is 5. The molecule has 0 radical (unpaired) electrons. The number of aryl methyl sites for hydroxylation is 2. The van der Waals surface area contributed by atoms with Gasteiger partial charge in [0.15, 0.2) is 0 Å². The number of piperidine rings is 1. The second-order valence-electron chi connectivity index (χ2n) is 8.84. The van der Waals surface area contributed by atoms with Crippen LogP contribution in [0.3, 0.4) is 0 Å². The van der Waals surface area contributed by atoms with E-state index in [1.807, 2.05) is 16.5 Å². The first-order valence-electron chi connectivity index (χ1n) is 10.8. The zero-order chi connectivity index (χ0) is 21.8. The molecule has 3 rings (SSSR count). The highest BCUT2D eigenvalue weighted by Crippen LogP contribution is 2.20. The molecule has 8 nitrogen and oxygen atoms in total. The normalized spacial score (nSPS) is 15.1. The van der Waals surface area contributed by atoms with Crippen molar-refractivity contribution in [1.29, 1.82) is 0 Å². The van der Waals surface area contributed by atoms with Gasteiger partial charge < -0.3 is 10.2 Å². The lowest BCUT2D eigenvalue weighted by Gasteiger charge is -2.32. The molecular formula is C22H34N6O2. The van der Waals surface area contributed by atoms with Gasteiger partial charge in [-0.3, -0.25) is 19.0 Å². The van der Waals surface area contributed by atoms with Gasteiger partial charge >= 0.3 is 0 Å². The number of amides is 2. The minimum Gasteiger partial charge on any atom is -0.352 e. The molecule has 3 heterocycles. The van der Waals surface area contributed by atoms with Gasteiger partial charge in [-0.05, 0) is 38.5 Å². The summed E-state index contributed by atoms with van der Waals surface area (Å²) in [6.07, 6.45) is 5.51. The zero-order valence-electron chi connectivity index (χ0n) is 18.8. The fraction of sp³-hybridized carbons (Fsp3) is 0.636. The zero-order valence-corrected chi connectivity index (χ0v) is 18.8. The standard InChI is InChI=1S/C22H34N6O2/c1-15(2)13-28-17(4)20(16(3)25-28)10-21(29)27-8-6-18(7-9-27)11-23-22(30)19-12-24-26(5)14-19/h12,14-15,18H,6-11,13H2,1-5H3,(H,23,30). The van der Waals surface area contributed by atoms with Gasteiger partial charge in [0.05, 0.1) is 23.9 Å². The number of rotatable bonds is 7. The van der Waals surface area contributed by atoms with Crippen LogP contribution in [0.15, 0.2) is 12.4 Å². The molecule has 0 aromatic carbocycles. The number of carbonyl (C=O) groups is 2. The first kappa shape index (κ1) is 22.1. The van der Waals surface area contributed by atoms with Crippen LogP contribution in [0, 0.1) is 25.7 Å². The van der Waals surface area contributed by atoms with Gasteiger partial charge in [-0.1, -0.05) is 13.8 Å². The van der Waals surface area contributed by atoms with Crippen molar-refractivity contribution in [2.45, 2.75) is 53.5 Å². The van der Waals surface area contributed by atoms with E-state index in [0.29, 0.717) is 30.4 Å². The highest BCUT2D eigenvalue weighted by atomic mass is 16.2. The summed E-state index contributed by atoms with van der Waals surface area (Å²) >= 11 is 0. The molecular weight excluding hydrogens is 380 g/mol. The summed E-state index contributed by atoms with van der Waals surface area (Å²) in [6.45, 7) is 11.4. The second kappa shape index (κ2) is 9.45. The number of aromatic nitrogens is 4. The van der Waals surface area contributed by atoms with Gasteiger partial charge in [0, 0.05) is 50.7 Å². The summed E-state index contributed by atoms with van der Waals surface area (Å²) in [6, 6.07) is 0. The summed E-state index contributed by atoms with van der Waals surface area (Å²) < 4.78 is 3.65. The van der Waals surface area contributed by atoms with Crippen molar-refractivity contribution in [3.8, 4) is 0 Å². The van der Waals surface area contributed by atoms with E-state index in [1.54, 1.807) is 24.1 Å². The molecule has 1 aliphatic rings. The number of likely N-dealkylation sites (tertiary alicyclic amines) is 1. The van der Waals surface area contributed by atoms with Gasteiger partial charge in [-0.15, -0.1) is 0 Å². The van der Waals surface area contributed by atoms with Crippen LogP contribution in [0.5, 0.6) is 0 Å². The van der Waals surface area contributed by atoms with Crippen molar-refractivity contribution in [2.24, 2.45) is 18.9 Å². The van der Waals surface area contributed by atoms with Crippen LogP contribution in [-0.2, 0) is 24.8 Å². The number of hydrogen-bond donors (Lipinski definition) is 1. The Hall–Kier alpha value is -2.64. The van der Waals surface area contributed by atoms with Gasteiger partial charge in [0.25, 0.3) is 5.91 Å². The van der Waals surface area contributed by atoms with E-state index in [0.717, 1.165) is 49.4 Å². The maximum Gasteiger partial charge on any atom is 0.254 e. The highest BCUT2D eigenvalue weighted by Gasteiger charge is 2.25. The van der Waals surface area contributed by atoms with Crippen LogP contribution in [0.25, 0.3) is 0 Å². The van der Waals surface area contributed by atoms with E-state index in [1.165, 1.54) is 0 Å². The molecule has 2 aromatic heterocycles. The van der Waals surface area contributed by atoms with Crippen molar-refractivity contribution in [2.75, 3.05) is 19.6 Å². The topological polar surface area (TPSA) is 85.1 Å². The fourth-order valence-corrected chi connectivity index (χ4v) is 4.04.